The number of hydrogen-bond donors (Lipinski definition) is 1. The molecule has 1 amide bonds. The first kappa shape index (κ1) is 11.1. The Morgan fingerprint density at radius 3 is 3.06 bits per heavy atom. The number of amides is 1. The van der Waals surface area contributed by atoms with Gasteiger partial charge in [-0.25, -0.2) is 4.98 Å². The van der Waals surface area contributed by atoms with Crippen LogP contribution in [0.2, 0.25) is 0 Å². The largest absolute Gasteiger partial charge is 0.316 e. The molecule has 2 heterocycles. The van der Waals surface area contributed by atoms with Crippen molar-refractivity contribution in [3.63, 3.8) is 0 Å². The Hall–Kier alpha value is -1.42. The Kier molecular flexibility index (Phi) is 3.51. The van der Waals surface area contributed by atoms with E-state index in [4.69, 9.17) is 0 Å². The maximum absolute atomic E-state index is 12.1. The van der Waals surface area contributed by atoms with E-state index in [1.807, 2.05) is 18.2 Å². The van der Waals surface area contributed by atoms with Gasteiger partial charge in [-0.2, -0.15) is 0 Å². The van der Waals surface area contributed by atoms with Crippen LogP contribution in [0.4, 0.5) is 5.82 Å². The third-order valence-corrected chi connectivity index (χ3v) is 2.97. The predicted molar refractivity (Wildman–Crippen MR) is 63.2 cm³/mol. The lowest BCUT2D eigenvalue weighted by atomic mass is 9.98. The van der Waals surface area contributed by atoms with Crippen molar-refractivity contribution in [2.75, 3.05) is 25.0 Å². The summed E-state index contributed by atoms with van der Waals surface area (Å²) in [6.45, 7) is 1.81. The fraction of sp³-hybridized carbons (Fsp3) is 0.500. The molecule has 0 aliphatic carbocycles. The number of anilines is 1. The van der Waals surface area contributed by atoms with Gasteiger partial charge in [-0.15, -0.1) is 0 Å². The van der Waals surface area contributed by atoms with E-state index in [9.17, 15) is 4.79 Å². The zero-order valence-corrected chi connectivity index (χ0v) is 9.52. The molecule has 86 valence electrons. The van der Waals surface area contributed by atoms with Crippen LogP contribution in [0.25, 0.3) is 0 Å². The molecule has 1 aromatic heterocycles. The average Bonchev–Trinajstić information content (AvgIpc) is 2.39. The second kappa shape index (κ2) is 5.07. The number of piperidine rings is 1. The van der Waals surface area contributed by atoms with Crippen molar-refractivity contribution in [1.29, 1.82) is 0 Å². The summed E-state index contributed by atoms with van der Waals surface area (Å²) in [5.74, 6) is 0.977. The van der Waals surface area contributed by atoms with E-state index in [0.717, 1.165) is 31.7 Å². The molecule has 2 rings (SSSR count). The monoisotopic (exact) mass is 219 g/mol. The van der Waals surface area contributed by atoms with Gasteiger partial charge in [0.1, 0.15) is 5.82 Å². The van der Waals surface area contributed by atoms with Gasteiger partial charge in [0.15, 0.2) is 0 Å². The van der Waals surface area contributed by atoms with Crippen LogP contribution in [0.15, 0.2) is 24.4 Å². The Morgan fingerprint density at radius 1 is 1.56 bits per heavy atom. The molecule has 0 bridgehead atoms. The van der Waals surface area contributed by atoms with Gasteiger partial charge in [-0.05, 0) is 31.5 Å². The zero-order chi connectivity index (χ0) is 11.4. The normalized spacial score (nSPS) is 20.4. The quantitative estimate of drug-likeness (QED) is 0.808. The summed E-state index contributed by atoms with van der Waals surface area (Å²) in [6.07, 6.45) is 3.76. The molecular weight excluding hydrogens is 202 g/mol. The van der Waals surface area contributed by atoms with Gasteiger partial charge in [0.25, 0.3) is 0 Å². The van der Waals surface area contributed by atoms with E-state index in [-0.39, 0.29) is 11.8 Å². The van der Waals surface area contributed by atoms with Crippen LogP contribution in [0.3, 0.4) is 0 Å². The number of pyridine rings is 1. The highest BCUT2D eigenvalue weighted by Crippen LogP contribution is 2.16. The zero-order valence-electron chi connectivity index (χ0n) is 9.52. The molecular formula is C12H17N3O. The summed E-state index contributed by atoms with van der Waals surface area (Å²) in [4.78, 5) is 18.0. The molecule has 1 N–H and O–H groups in total. The van der Waals surface area contributed by atoms with E-state index < -0.39 is 0 Å². The van der Waals surface area contributed by atoms with Crippen LogP contribution in [0, 0.1) is 5.92 Å². The van der Waals surface area contributed by atoms with Gasteiger partial charge in [0.2, 0.25) is 5.91 Å². The van der Waals surface area contributed by atoms with Gasteiger partial charge in [-0.3, -0.25) is 9.69 Å². The summed E-state index contributed by atoms with van der Waals surface area (Å²) in [6, 6.07) is 5.60. The molecule has 4 heteroatoms. The molecule has 1 saturated heterocycles. The second-order valence-electron chi connectivity index (χ2n) is 4.13. The van der Waals surface area contributed by atoms with Crippen molar-refractivity contribution in [3.8, 4) is 0 Å². The standard InChI is InChI=1S/C12H17N3O/c1-15(11-6-2-3-8-14-11)12(16)10-5-4-7-13-9-10/h2-3,6,8,10,13H,4-5,7,9H2,1H3/t10-/m0/s1. The molecule has 1 fully saturated rings. The SMILES string of the molecule is CN(C(=O)[C@H]1CCCNC1)c1ccccn1. The van der Waals surface area contributed by atoms with Crippen molar-refractivity contribution in [2.24, 2.45) is 5.92 Å². The Labute approximate surface area is 95.7 Å². The number of rotatable bonds is 2. The molecule has 0 aromatic carbocycles. The third-order valence-electron chi connectivity index (χ3n) is 2.97. The van der Waals surface area contributed by atoms with Gasteiger partial charge in [0.05, 0.1) is 5.92 Å². The summed E-state index contributed by atoms with van der Waals surface area (Å²) < 4.78 is 0. The minimum Gasteiger partial charge on any atom is -0.316 e. The minimum atomic E-state index is 0.0979. The van der Waals surface area contributed by atoms with Gasteiger partial charge in [-0.1, -0.05) is 6.07 Å². The number of carbonyl (C=O) groups is 1. The van der Waals surface area contributed by atoms with E-state index in [1.165, 1.54) is 0 Å². The molecule has 0 saturated carbocycles. The van der Waals surface area contributed by atoms with Crippen LogP contribution >= 0.6 is 0 Å². The number of carbonyl (C=O) groups excluding carboxylic acids is 1. The van der Waals surface area contributed by atoms with E-state index in [1.54, 1.807) is 18.1 Å². The molecule has 4 nitrogen and oxygen atoms in total. The summed E-state index contributed by atoms with van der Waals surface area (Å²) in [5, 5.41) is 3.25. The first-order valence-electron chi connectivity index (χ1n) is 5.68. The minimum absolute atomic E-state index is 0.0979. The fourth-order valence-electron chi connectivity index (χ4n) is 2.00. The number of hydrogen-bond acceptors (Lipinski definition) is 3. The van der Waals surface area contributed by atoms with Crippen LogP contribution in [0.1, 0.15) is 12.8 Å². The van der Waals surface area contributed by atoms with Crippen LogP contribution < -0.4 is 10.2 Å². The van der Waals surface area contributed by atoms with Crippen LogP contribution in [-0.2, 0) is 4.79 Å². The Bertz CT molecular complexity index is 347. The second-order valence-corrected chi connectivity index (χ2v) is 4.13. The molecule has 0 spiro atoms. The molecule has 0 radical (unpaired) electrons. The van der Waals surface area contributed by atoms with Crippen molar-refractivity contribution >= 4 is 11.7 Å². The topological polar surface area (TPSA) is 45.2 Å². The van der Waals surface area contributed by atoms with Crippen molar-refractivity contribution in [1.82, 2.24) is 10.3 Å². The molecule has 1 aliphatic rings. The van der Waals surface area contributed by atoms with E-state index in [2.05, 4.69) is 10.3 Å². The highest BCUT2D eigenvalue weighted by molar-refractivity contribution is 5.93. The van der Waals surface area contributed by atoms with Gasteiger partial charge in [0, 0.05) is 19.8 Å². The lowest BCUT2D eigenvalue weighted by Gasteiger charge is -2.26. The van der Waals surface area contributed by atoms with Crippen molar-refractivity contribution in [3.05, 3.63) is 24.4 Å². The first-order chi connectivity index (χ1) is 7.79. The van der Waals surface area contributed by atoms with Crippen molar-refractivity contribution in [2.45, 2.75) is 12.8 Å². The highest BCUT2D eigenvalue weighted by atomic mass is 16.2. The van der Waals surface area contributed by atoms with Gasteiger partial charge < -0.3 is 5.32 Å². The molecule has 0 unspecified atom stereocenters. The lowest BCUT2D eigenvalue weighted by molar-refractivity contribution is -0.122. The first-order valence-corrected chi connectivity index (χ1v) is 5.68. The average molecular weight is 219 g/mol. The van der Waals surface area contributed by atoms with Crippen LogP contribution in [0.5, 0.6) is 0 Å². The van der Waals surface area contributed by atoms with Crippen molar-refractivity contribution < 1.29 is 4.79 Å². The Balaban J connectivity index is 2.04. The number of aromatic nitrogens is 1. The maximum atomic E-state index is 12.1. The molecule has 1 atom stereocenters. The maximum Gasteiger partial charge on any atom is 0.232 e. The number of nitrogens with zero attached hydrogens (tertiary/aromatic N) is 2. The van der Waals surface area contributed by atoms with E-state index >= 15 is 0 Å². The van der Waals surface area contributed by atoms with Crippen LogP contribution in [-0.4, -0.2) is 31.0 Å². The third kappa shape index (κ3) is 2.39. The Morgan fingerprint density at radius 2 is 2.44 bits per heavy atom. The predicted octanol–water partition coefficient (Wildman–Crippen LogP) is 1.04. The van der Waals surface area contributed by atoms with E-state index in [0.29, 0.717) is 0 Å². The summed E-state index contributed by atoms with van der Waals surface area (Å²) >= 11 is 0. The molecule has 1 aliphatic heterocycles. The highest BCUT2D eigenvalue weighted by Gasteiger charge is 2.24. The number of nitrogens with one attached hydrogen (secondary N) is 1. The lowest BCUT2D eigenvalue weighted by Crippen LogP contribution is -2.41. The summed E-state index contributed by atoms with van der Waals surface area (Å²) in [5.41, 5.74) is 0. The summed E-state index contributed by atoms with van der Waals surface area (Å²) in [7, 11) is 1.79. The smallest absolute Gasteiger partial charge is 0.232 e. The fourth-order valence-corrected chi connectivity index (χ4v) is 2.00. The van der Waals surface area contributed by atoms with Gasteiger partial charge >= 0.3 is 0 Å². The molecule has 16 heavy (non-hydrogen) atoms. The molecule has 1 aromatic rings.